The van der Waals surface area contributed by atoms with Crippen LogP contribution in [0.25, 0.3) is 0 Å². The minimum absolute atomic E-state index is 0.972. The molecule has 0 aliphatic carbocycles. The molecule has 0 fully saturated rings. The van der Waals surface area contributed by atoms with Crippen LogP contribution in [0.2, 0.25) is 0 Å². The van der Waals surface area contributed by atoms with Gasteiger partial charge in [0.05, 0.1) is 0 Å². The molecule has 1 aliphatic heterocycles. The Morgan fingerprint density at radius 2 is 1.32 bits per heavy atom. The van der Waals surface area contributed by atoms with Crippen molar-refractivity contribution in [3.63, 3.8) is 0 Å². The van der Waals surface area contributed by atoms with E-state index in [0.29, 0.717) is 0 Å². The number of hydrogen-bond acceptors (Lipinski definition) is 2. The topological polar surface area (TPSA) is 6.25 Å². The Hall–Kier alpha value is -2.38. The molecule has 0 saturated heterocycles. The predicted octanol–water partition coefficient (Wildman–Crippen LogP) is 7.61. The fraction of sp³-hybridized carbons (Fsp3) is 0.190. The van der Waals surface area contributed by atoms with Crippen molar-refractivity contribution in [3.8, 4) is 0 Å². The van der Waals surface area contributed by atoms with Crippen LogP contribution in [0.15, 0.2) is 78.2 Å². The number of halogens is 6. The molecule has 0 saturated carbocycles. The first-order chi connectivity index (χ1) is 14.3. The van der Waals surface area contributed by atoms with Crippen LogP contribution in [0.4, 0.5) is 25.2 Å². The normalized spacial score (nSPS) is 16.4. The van der Waals surface area contributed by atoms with Gasteiger partial charge in [0.15, 0.2) is 0 Å². The van der Waals surface area contributed by atoms with Crippen molar-refractivity contribution in [1.82, 2.24) is 4.90 Å². The van der Waals surface area contributed by atoms with Crippen molar-refractivity contribution >= 4 is 25.0 Å². The quantitative estimate of drug-likeness (QED) is 0.208. The molecule has 4 rings (SSSR count). The summed E-state index contributed by atoms with van der Waals surface area (Å²) in [6.07, 6.45) is 0. The summed E-state index contributed by atoms with van der Waals surface area (Å²) < 4.78 is 61.7. The summed E-state index contributed by atoms with van der Waals surface area (Å²) in [5.41, 5.74) is 2.74. The van der Waals surface area contributed by atoms with Crippen LogP contribution in [0.5, 0.6) is 0 Å². The van der Waals surface area contributed by atoms with E-state index in [1.54, 1.807) is 0 Å². The van der Waals surface area contributed by atoms with Gasteiger partial charge in [0.1, 0.15) is 31.1 Å². The van der Waals surface area contributed by atoms with Crippen LogP contribution in [-0.2, 0) is 13.1 Å². The Kier molecular flexibility index (Phi) is 6.22. The molecule has 10 heteroatoms. The van der Waals surface area contributed by atoms with E-state index in [0.717, 1.165) is 26.2 Å². The van der Waals surface area contributed by atoms with Gasteiger partial charge in [-0.3, -0.25) is 9.48 Å². The third-order valence-corrected chi connectivity index (χ3v) is 5.28. The Bertz CT molecular complexity index is 1010. The molecule has 0 radical (unpaired) electrons. The van der Waals surface area contributed by atoms with E-state index in [1.807, 2.05) is 11.3 Å². The Morgan fingerprint density at radius 3 is 1.84 bits per heavy atom. The molecule has 168 valence electrons. The maximum atomic E-state index is 9.87. The molecule has 2 heterocycles. The molecule has 0 bridgehead atoms. The summed E-state index contributed by atoms with van der Waals surface area (Å²) in [5.74, 6) is 1.37. The summed E-state index contributed by atoms with van der Waals surface area (Å²) in [6, 6.07) is 25.9. The van der Waals surface area contributed by atoms with Crippen molar-refractivity contribution in [2.75, 3.05) is 13.1 Å². The van der Waals surface area contributed by atoms with Gasteiger partial charge in [-0.1, -0.05) is 66.7 Å². The summed E-state index contributed by atoms with van der Waals surface area (Å²) in [5, 5.41) is 2.17. The minimum atomic E-state index is -10.7. The Morgan fingerprint density at radius 1 is 0.774 bits per heavy atom. The molecule has 0 unspecified atom stereocenters. The van der Waals surface area contributed by atoms with Crippen LogP contribution < -0.4 is 0 Å². The Labute approximate surface area is 180 Å². The van der Waals surface area contributed by atoms with Gasteiger partial charge in [-0.2, -0.15) is 0 Å². The molecule has 0 spiro atoms. The number of benzene rings is 2. The van der Waals surface area contributed by atoms with Crippen LogP contribution in [0.3, 0.4) is 0 Å². The summed E-state index contributed by atoms with van der Waals surface area (Å²) in [7, 11) is -10.7. The van der Waals surface area contributed by atoms with Crippen molar-refractivity contribution in [2.24, 2.45) is 0 Å². The molecule has 0 amide bonds. The zero-order valence-electron chi connectivity index (χ0n) is 16.4. The number of rotatable bonds is 5. The Balaban J connectivity index is 0.000000339. The van der Waals surface area contributed by atoms with E-state index in [1.165, 1.54) is 21.8 Å². The summed E-state index contributed by atoms with van der Waals surface area (Å²) in [4.78, 5) is 3.88. The van der Waals surface area contributed by atoms with Crippen LogP contribution >= 0.6 is 19.1 Å². The number of hydrogen-bond donors (Lipinski definition) is 0. The molecular weight excluding hydrogens is 457 g/mol. The fourth-order valence-electron chi connectivity index (χ4n) is 3.29. The molecular formula is C21H21F6N2PS. The van der Waals surface area contributed by atoms with Gasteiger partial charge in [-0.05, 0) is 22.6 Å². The number of thiophene rings is 1. The average molecular weight is 478 g/mol. The van der Waals surface area contributed by atoms with Crippen molar-refractivity contribution in [3.05, 3.63) is 94.2 Å². The number of amidine groups is 1. The van der Waals surface area contributed by atoms with Gasteiger partial charge in [0, 0.05) is 0 Å². The molecule has 3 aromatic rings. The third-order valence-electron chi connectivity index (χ3n) is 4.41. The fourth-order valence-corrected chi connectivity index (χ4v) is 4.11. The van der Waals surface area contributed by atoms with Crippen molar-refractivity contribution in [2.45, 2.75) is 13.1 Å². The van der Waals surface area contributed by atoms with Gasteiger partial charge in [0.2, 0.25) is 0 Å². The van der Waals surface area contributed by atoms with Crippen molar-refractivity contribution < 1.29 is 29.8 Å². The van der Waals surface area contributed by atoms with E-state index in [2.05, 4.69) is 87.7 Å². The van der Waals surface area contributed by atoms with Gasteiger partial charge in [0.25, 0.3) is 5.84 Å². The largest absolute Gasteiger partial charge is 0.290 e. The molecule has 31 heavy (non-hydrogen) atoms. The van der Waals surface area contributed by atoms with Gasteiger partial charge in [-0.15, -0.1) is 11.3 Å². The first-order valence-electron chi connectivity index (χ1n) is 9.40. The molecule has 1 aliphatic rings. The van der Waals surface area contributed by atoms with E-state index >= 15 is 0 Å². The predicted molar refractivity (Wildman–Crippen MR) is 114 cm³/mol. The zero-order chi connectivity index (χ0) is 22.6. The third kappa shape index (κ3) is 8.71. The average Bonchev–Trinajstić information content (AvgIpc) is 3.31. The SMILES string of the molecule is F[P-](F)(F)(F)(F)F.c1ccc(CN2CC[N+](Cc3ccccc3)=C2c2cccs2)cc1. The van der Waals surface area contributed by atoms with Gasteiger partial charge in [-0.25, -0.2) is 0 Å². The molecule has 0 atom stereocenters. The van der Waals surface area contributed by atoms with E-state index < -0.39 is 7.81 Å². The first-order valence-corrected chi connectivity index (χ1v) is 12.3. The molecule has 2 nitrogen and oxygen atoms in total. The maximum Gasteiger partial charge on any atom is 0.290 e. The van der Waals surface area contributed by atoms with Gasteiger partial charge < -0.3 is 0 Å². The van der Waals surface area contributed by atoms with Crippen LogP contribution in [-0.4, -0.2) is 28.4 Å². The smallest absolute Gasteiger partial charge is 0.253 e. The second-order valence-corrected chi connectivity index (χ2v) is 9.94. The monoisotopic (exact) mass is 478 g/mol. The maximum absolute atomic E-state index is 10.7. The minimum Gasteiger partial charge on any atom is -0.253 e. The van der Waals surface area contributed by atoms with Gasteiger partial charge >= 0.3 is 33.0 Å². The summed E-state index contributed by atoms with van der Waals surface area (Å²) in [6.45, 7) is 4.10. The standard InChI is InChI=1S/C21H21N2S.F6P/c1-3-8-18(9-4-1)16-22-13-14-23(17-19-10-5-2-6-11-19)21(22)20-12-7-15-24-20;1-7(2,3,4,5)6/h1-12,15H,13-14,16-17H2;/q+1;-1. The van der Waals surface area contributed by atoms with Crippen LogP contribution in [0, 0.1) is 0 Å². The number of nitrogens with zero attached hydrogens (tertiary/aromatic N) is 2. The van der Waals surface area contributed by atoms with E-state index in [9.17, 15) is 25.2 Å². The molecule has 2 aromatic carbocycles. The van der Waals surface area contributed by atoms with E-state index in [4.69, 9.17) is 0 Å². The summed E-state index contributed by atoms with van der Waals surface area (Å²) >= 11 is 1.83. The molecule has 1 aromatic heterocycles. The van der Waals surface area contributed by atoms with Crippen LogP contribution in [0.1, 0.15) is 16.0 Å². The van der Waals surface area contributed by atoms with Crippen molar-refractivity contribution in [1.29, 1.82) is 0 Å². The van der Waals surface area contributed by atoms with E-state index in [-0.39, 0.29) is 0 Å². The second-order valence-electron chi connectivity index (χ2n) is 7.07. The second kappa shape index (κ2) is 8.28. The first kappa shape index (κ1) is 23.3. The molecule has 0 N–H and O–H groups in total. The zero-order valence-corrected chi connectivity index (χ0v) is 18.1.